The highest BCUT2D eigenvalue weighted by atomic mass is 19.4. The van der Waals surface area contributed by atoms with Crippen molar-refractivity contribution in [2.45, 2.75) is 51.4 Å². The fourth-order valence-corrected chi connectivity index (χ4v) is 4.94. The van der Waals surface area contributed by atoms with E-state index in [0.29, 0.717) is 46.9 Å². The molecule has 3 heterocycles. The minimum atomic E-state index is -4.41. The number of methoxy groups -OCH3 is 1. The van der Waals surface area contributed by atoms with Gasteiger partial charge in [0.05, 0.1) is 24.8 Å². The summed E-state index contributed by atoms with van der Waals surface area (Å²) in [4.78, 5) is 13.4. The Kier molecular flexibility index (Phi) is 6.40. The maximum absolute atomic E-state index is 13.2. The predicted molar refractivity (Wildman–Crippen MR) is 128 cm³/mol. The monoisotopic (exact) mass is 502 g/mol. The smallest absolute Gasteiger partial charge is 0.416 e. The van der Waals surface area contributed by atoms with Gasteiger partial charge in [0, 0.05) is 47.8 Å². The second-order valence-electron chi connectivity index (χ2n) is 9.61. The summed E-state index contributed by atoms with van der Waals surface area (Å²) in [6, 6.07) is 5.71. The van der Waals surface area contributed by atoms with Crippen molar-refractivity contribution in [3.63, 3.8) is 0 Å². The van der Waals surface area contributed by atoms with Crippen LogP contribution in [0.1, 0.15) is 43.3 Å². The van der Waals surface area contributed by atoms with Crippen molar-refractivity contribution < 1.29 is 27.4 Å². The maximum atomic E-state index is 13.2. The van der Waals surface area contributed by atoms with Gasteiger partial charge in [0.2, 0.25) is 0 Å². The summed E-state index contributed by atoms with van der Waals surface area (Å²) < 4.78 is 57.0. The summed E-state index contributed by atoms with van der Waals surface area (Å²) in [7, 11) is 1.59. The second kappa shape index (κ2) is 9.38. The average molecular weight is 503 g/mol. The van der Waals surface area contributed by atoms with Gasteiger partial charge in [-0.1, -0.05) is 6.92 Å². The molecule has 5 atom stereocenters. The number of alkyl halides is 3. The van der Waals surface area contributed by atoms with Crippen LogP contribution >= 0.6 is 0 Å². The molecule has 2 aromatic heterocycles. The standard InChI is InChI=1S/C26H29F3N4O3/c1-13-23(20-9-17(5-7-30-20)26(27,28)29)24(13)33-25-18-10-22(36-14(2)16-6-8-35-12-16)21(34-4)11-19(18)31-15(3)32-25/h5,7,9-11,13-14,16,23-24H,6,8,12H2,1-4H3,(H,31,32,33)/t13-,14?,16-,23?,24?/m1/s1. The van der Waals surface area contributed by atoms with Crippen LogP contribution in [0.15, 0.2) is 30.5 Å². The van der Waals surface area contributed by atoms with Crippen molar-refractivity contribution in [1.82, 2.24) is 15.0 Å². The molecule has 2 aliphatic rings. The van der Waals surface area contributed by atoms with Gasteiger partial charge in [-0.2, -0.15) is 13.2 Å². The van der Waals surface area contributed by atoms with Crippen LogP contribution in [0.25, 0.3) is 10.9 Å². The van der Waals surface area contributed by atoms with E-state index < -0.39 is 11.7 Å². The number of nitrogens with zero attached hydrogens (tertiary/aromatic N) is 3. The van der Waals surface area contributed by atoms with Gasteiger partial charge in [-0.05, 0) is 44.4 Å². The molecular weight excluding hydrogens is 473 g/mol. The van der Waals surface area contributed by atoms with Crippen LogP contribution in [-0.4, -0.2) is 47.4 Å². The normalized spacial score (nSPS) is 24.5. The number of hydrogen-bond donors (Lipinski definition) is 1. The highest BCUT2D eigenvalue weighted by Crippen LogP contribution is 2.49. The molecule has 0 radical (unpaired) electrons. The van der Waals surface area contributed by atoms with E-state index in [1.54, 1.807) is 14.0 Å². The molecule has 36 heavy (non-hydrogen) atoms. The second-order valence-corrected chi connectivity index (χ2v) is 9.61. The van der Waals surface area contributed by atoms with Gasteiger partial charge in [-0.15, -0.1) is 0 Å². The Balaban J connectivity index is 1.44. The van der Waals surface area contributed by atoms with Crippen LogP contribution in [0.4, 0.5) is 19.0 Å². The molecule has 1 aliphatic heterocycles. The Morgan fingerprint density at radius 3 is 2.67 bits per heavy atom. The summed E-state index contributed by atoms with van der Waals surface area (Å²) in [5.41, 5.74) is 0.417. The summed E-state index contributed by atoms with van der Waals surface area (Å²) in [6.45, 7) is 7.20. The Morgan fingerprint density at radius 2 is 1.97 bits per heavy atom. The van der Waals surface area contributed by atoms with E-state index >= 15 is 0 Å². The molecule has 1 aliphatic carbocycles. The maximum Gasteiger partial charge on any atom is 0.416 e. The number of fused-ring (bicyclic) bond motifs is 1. The lowest BCUT2D eigenvalue weighted by Crippen LogP contribution is -2.24. The van der Waals surface area contributed by atoms with Crippen molar-refractivity contribution in [3.05, 3.63) is 47.5 Å². The molecule has 0 spiro atoms. The van der Waals surface area contributed by atoms with Gasteiger partial charge < -0.3 is 19.5 Å². The zero-order valence-corrected chi connectivity index (χ0v) is 20.6. The molecule has 2 fully saturated rings. The third-order valence-electron chi connectivity index (χ3n) is 7.17. The lowest BCUT2D eigenvalue weighted by atomic mass is 10.0. The van der Waals surface area contributed by atoms with E-state index in [0.717, 1.165) is 30.5 Å². The van der Waals surface area contributed by atoms with E-state index in [1.165, 1.54) is 6.20 Å². The van der Waals surface area contributed by atoms with Crippen LogP contribution in [0.5, 0.6) is 11.5 Å². The molecule has 10 heteroatoms. The molecule has 1 saturated heterocycles. The number of nitrogens with one attached hydrogen (secondary N) is 1. The molecule has 0 amide bonds. The van der Waals surface area contributed by atoms with Crippen molar-refractivity contribution in [1.29, 1.82) is 0 Å². The number of hydrogen-bond acceptors (Lipinski definition) is 7. The van der Waals surface area contributed by atoms with E-state index in [2.05, 4.69) is 20.3 Å². The topological polar surface area (TPSA) is 78.4 Å². The van der Waals surface area contributed by atoms with Gasteiger partial charge in [0.15, 0.2) is 11.5 Å². The first-order chi connectivity index (χ1) is 17.2. The summed E-state index contributed by atoms with van der Waals surface area (Å²) in [6.07, 6.45) is -2.31. The van der Waals surface area contributed by atoms with Crippen LogP contribution in [0.2, 0.25) is 0 Å². The molecule has 7 nitrogen and oxygen atoms in total. The molecule has 5 rings (SSSR count). The van der Waals surface area contributed by atoms with Gasteiger partial charge >= 0.3 is 6.18 Å². The van der Waals surface area contributed by atoms with Crippen LogP contribution < -0.4 is 14.8 Å². The van der Waals surface area contributed by atoms with Crippen LogP contribution in [-0.2, 0) is 10.9 Å². The molecule has 3 aromatic rings. The van der Waals surface area contributed by atoms with Gasteiger partial charge in [-0.25, -0.2) is 9.97 Å². The zero-order chi connectivity index (χ0) is 25.6. The Labute approximate surface area is 207 Å². The molecule has 3 unspecified atom stereocenters. The van der Waals surface area contributed by atoms with Crippen molar-refractivity contribution >= 4 is 16.7 Å². The average Bonchev–Trinajstić information content (AvgIpc) is 3.21. The van der Waals surface area contributed by atoms with Gasteiger partial charge in [0.25, 0.3) is 0 Å². The first kappa shape index (κ1) is 24.5. The van der Waals surface area contributed by atoms with E-state index in [4.69, 9.17) is 14.2 Å². The van der Waals surface area contributed by atoms with Gasteiger partial charge in [0.1, 0.15) is 17.7 Å². The number of pyridine rings is 1. The number of aromatic nitrogens is 3. The lowest BCUT2D eigenvalue weighted by molar-refractivity contribution is -0.137. The van der Waals surface area contributed by atoms with Crippen LogP contribution in [0.3, 0.4) is 0 Å². The van der Waals surface area contributed by atoms with Gasteiger partial charge in [-0.3, -0.25) is 4.98 Å². The van der Waals surface area contributed by atoms with Crippen molar-refractivity contribution in [2.24, 2.45) is 11.8 Å². The highest BCUT2D eigenvalue weighted by molar-refractivity contribution is 5.92. The van der Waals surface area contributed by atoms with E-state index in [1.807, 2.05) is 26.0 Å². The van der Waals surface area contributed by atoms with Crippen molar-refractivity contribution in [2.75, 3.05) is 25.6 Å². The van der Waals surface area contributed by atoms with Crippen molar-refractivity contribution in [3.8, 4) is 11.5 Å². The molecule has 0 bridgehead atoms. The predicted octanol–water partition coefficient (Wildman–Crippen LogP) is 5.38. The summed E-state index contributed by atoms with van der Waals surface area (Å²) in [5.74, 6) is 2.55. The largest absolute Gasteiger partial charge is 0.493 e. The number of anilines is 1. The number of benzene rings is 1. The molecule has 1 N–H and O–H groups in total. The third-order valence-corrected chi connectivity index (χ3v) is 7.17. The summed E-state index contributed by atoms with van der Waals surface area (Å²) in [5, 5.41) is 4.19. The molecule has 1 saturated carbocycles. The molecule has 1 aromatic carbocycles. The molecule has 192 valence electrons. The van der Waals surface area contributed by atoms with E-state index in [9.17, 15) is 13.2 Å². The summed E-state index contributed by atoms with van der Waals surface area (Å²) >= 11 is 0. The number of rotatable bonds is 7. The minimum Gasteiger partial charge on any atom is -0.493 e. The Hall–Kier alpha value is -3.14. The minimum absolute atomic E-state index is 0.0681. The highest BCUT2D eigenvalue weighted by Gasteiger charge is 2.49. The number of ether oxygens (including phenoxy) is 3. The number of aryl methyl sites for hydroxylation is 1. The zero-order valence-electron chi connectivity index (χ0n) is 20.6. The molecular formula is C26H29F3N4O3. The Bertz CT molecular complexity index is 1260. The first-order valence-corrected chi connectivity index (χ1v) is 12.1. The SMILES string of the molecule is COc1cc2nc(C)nc(NC3C(c4cc(C(F)(F)F)ccn4)[C@H]3C)c2cc1OC(C)[C@@H]1CCOC1. The third kappa shape index (κ3) is 4.78. The first-order valence-electron chi connectivity index (χ1n) is 12.1. The van der Waals surface area contributed by atoms with E-state index in [-0.39, 0.29) is 24.0 Å². The quantitative estimate of drug-likeness (QED) is 0.465. The fourth-order valence-electron chi connectivity index (χ4n) is 4.94. The number of halogens is 3. The fraction of sp³-hybridized carbons (Fsp3) is 0.500. The van der Waals surface area contributed by atoms with Crippen LogP contribution in [0, 0.1) is 18.8 Å². The Morgan fingerprint density at radius 1 is 1.17 bits per heavy atom. The lowest BCUT2D eigenvalue weighted by Gasteiger charge is -2.22.